The monoisotopic (exact) mass is 310 g/mol. The maximum absolute atomic E-state index is 13.2. The summed E-state index contributed by atoms with van der Waals surface area (Å²) < 4.78 is 45.6. The van der Waals surface area contributed by atoms with Gasteiger partial charge in [-0.1, -0.05) is 5.76 Å². The zero-order valence-corrected chi connectivity index (χ0v) is 11.8. The number of carbonyl (C=O) groups is 2. The Morgan fingerprint density at radius 1 is 1.32 bits per heavy atom. The van der Waals surface area contributed by atoms with Gasteiger partial charge in [0.15, 0.2) is 0 Å². The molecule has 0 spiro atoms. The van der Waals surface area contributed by atoms with E-state index < -0.39 is 41.3 Å². The maximum Gasteiger partial charge on any atom is 0.387 e. The van der Waals surface area contributed by atoms with Crippen molar-refractivity contribution in [2.45, 2.75) is 13.5 Å². The predicted octanol–water partition coefficient (Wildman–Crippen LogP) is 0.880. The number of benzene rings is 1. The minimum absolute atomic E-state index is 0. The molecule has 0 fully saturated rings. The van der Waals surface area contributed by atoms with Gasteiger partial charge < -0.3 is 14.6 Å². The molecule has 1 rings (SSSR count). The molecule has 0 N–H and O–H groups in total. The van der Waals surface area contributed by atoms with Crippen LogP contribution in [0.4, 0.5) is 13.2 Å². The molecule has 0 bridgehead atoms. The minimum Gasteiger partial charge on any atom is -0.872 e. The number of hydrogen-bond donors (Lipinski definition) is 0. The standard InChI is InChI=1S/C13H11F3O5.Li/c1-2-20-12(19)11(18)6-10(17)7-3-8(14)5-9(4-7)21-13(15)16;/h3-6,13,17H,2H2,1H3;/p-1. The van der Waals surface area contributed by atoms with Crippen LogP contribution in [-0.2, 0) is 14.3 Å². The van der Waals surface area contributed by atoms with E-state index >= 15 is 0 Å². The zero-order chi connectivity index (χ0) is 16.0. The van der Waals surface area contributed by atoms with Crippen molar-refractivity contribution in [3.8, 4) is 5.75 Å². The van der Waals surface area contributed by atoms with Crippen molar-refractivity contribution in [1.82, 2.24) is 0 Å². The van der Waals surface area contributed by atoms with Gasteiger partial charge >= 0.3 is 12.6 Å². The normalized spacial score (nSPS) is 10.9. The molecule has 0 heterocycles. The Balaban J connectivity index is 0.00000441. The van der Waals surface area contributed by atoms with Gasteiger partial charge in [-0.3, -0.25) is 4.79 Å². The quantitative estimate of drug-likeness (QED) is 0.256. The van der Waals surface area contributed by atoms with Crippen molar-refractivity contribution in [1.29, 1.82) is 0 Å². The Bertz CT molecular complexity index is 575. The van der Waals surface area contributed by atoms with Crippen LogP contribution in [0.15, 0.2) is 24.3 Å². The van der Waals surface area contributed by atoms with E-state index in [4.69, 9.17) is 0 Å². The van der Waals surface area contributed by atoms with E-state index in [0.717, 1.165) is 12.1 Å². The molecular weight excluding hydrogens is 300 g/mol. The van der Waals surface area contributed by atoms with Crippen LogP contribution in [0.25, 0.3) is 5.76 Å². The summed E-state index contributed by atoms with van der Waals surface area (Å²) in [6, 6.07) is 2.19. The topological polar surface area (TPSA) is 75.7 Å². The number of hydrogen-bond acceptors (Lipinski definition) is 5. The fourth-order valence-electron chi connectivity index (χ4n) is 1.34. The Morgan fingerprint density at radius 2 is 1.95 bits per heavy atom. The van der Waals surface area contributed by atoms with E-state index in [0.29, 0.717) is 12.1 Å². The largest absolute Gasteiger partial charge is 0.872 e. The third-order valence-electron chi connectivity index (χ3n) is 2.12. The first-order valence-electron chi connectivity index (χ1n) is 5.69. The van der Waals surface area contributed by atoms with Gasteiger partial charge in [0.2, 0.25) is 0 Å². The van der Waals surface area contributed by atoms with Crippen LogP contribution < -0.4 is 9.84 Å². The van der Waals surface area contributed by atoms with Crippen molar-refractivity contribution >= 4 is 36.4 Å². The fourth-order valence-corrected chi connectivity index (χ4v) is 1.34. The molecule has 0 aliphatic heterocycles. The first kappa shape index (κ1) is 20.1. The summed E-state index contributed by atoms with van der Waals surface area (Å²) in [5.41, 5.74) is -0.414. The summed E-state index contributed by atoms with van der Waals surface area (Å²) in [4.78, 5) is 22.3. The summed E-state index contributed by atoms with van der Waals surface area (Å²) >= 11 is 0. The summed E-state index contributed by atoms with van der Waals surface area (Å²) in [7, 11) is 0. The van der Waals surface area contributed by atoms with Crippen LogP contribution in [-0.4, -0.2) is 43.8 Å². The third kappa shape index (κ3) is 6.24. The number of ether oxygens (including phenoxy) is 2. The second-order valence-electron chi connectivity index (χ2n) is 3.65. The van der Waals surface area contributed by atoms with Gasteiger partial charge in [-0.25, -0.2) is 9.18 Å². The van der Waals surface area contributed by atoms with Crippen LogP contribution in [0.3, 0.4) is 0 Å². The number of esters is 1. The molecule has 1 radical (unpaired) electrons. The Labute approximate surface area is 135 Å². The molecule has 0 aromatic heterocycles. The molecule has 0 atom stereocenters. The van der Waals surface area contributed by atoms with Crippen molar-refractivity contribution in [2.75, 3.05) is 6.61 Å². The number of alkyl halides is 2. The van der Waals surface area contributed by atoms with Gasteiger partial charge in [-0.05, 0) is 30.7 Å². The molecule has 1 aromatic rings. The smallest absolute Gasteiger partial charge is 0.387 e. The first-order valence-corrected chi connectivity index (χ1v) is 5.69. The molecular formula is C13H10F3LiO5-. The van der Waals surface area contributed by atoms with E-state index in [-0.39, 0.29) is 25.5 Å². The van der Waals surface area contributed by atoms with Crippen LogP contribution in [0.1, 0.15) is 12.5 Å². The molecule has 0 saturated heterocycles. The average molecular weight is 310 g/mol. The molecule has 5 nitrogen and oxygen atoms in total. The van der Waals surface area contributed by atoms with Crippen LogP contribution in [0.5, 0.6) is 5.75 Å². The van der Waals surface area contributed by atoms with Crippen LogP contribution in [0, 0.1) is 5.82 Å². The van der Waals surface area contributed by atoms with Gasteiger partial charge in [-0.2, -0.15) is 8.78 Å². The molecule has 1 aromatic carbocycles. The van der Waals surface area contributed by atoms with Gasteiger partial charge in [-0.15, -0.1) is 0 Å². The molecule has 0 saturated carbocycles. The van der Waals surface area contributed by atoms with E-state index in [9.17, 15) is 27.9 Å². The number of carbonyl (C=O) groups excluding carboxylic acids is 2. The fraction of sp³-hybridized carbons (Fsp3) is 0.231. The van der Waals surface area contributed by atoms with Crippen molar-refractivity contribution in [2.24, 2.45) is 0 Å². The van der Waals surface area contributed by atoms with Gasteiger partial charge in [0.1, 0.15) is 11.6 Å². The summed E-state index contributed by atoms with van der Waals surface area (Å²) in [5.74, 6) is -5.10. The summed E-state index contributed by atoms with van der Waals surface area (Å²) in [5, 5.41) is 11.7. The SMILES string of the molecule is CCOC(=O)C(=O)C=C([O-])c1cc(F)cc(OC(F)F)c1.[Li]. The molecule has 115 valence electrons. The summed E-state index contributed by atoms with van der Waals surface area (Å²) in [6.45, 7) is -1.79. The van der Waals surface area contributed by atoms with Crippen LogP contribution in [0.2, 0.25) is 0 Å². The summed E-state index contributed by atoms with van der Waals surface area (Å²) in [6.07, 6.45) is 0.388. The molecule has 9 heteroatoms. The van der Waals surface area contributed by atoms with Gasteiger partial charge in [0.05, 0.1) is 6.61 Å². The Morgan fingerprint density at radius 3 is 2.50 bits per heavy atom. The van der Waals surface area contributed by atoms with E-state index in [2.05, 4.69) is 9.47 Å². The number of ketones is 1. The number of rotatable bonds is 6. The van der Waals surface area contributed by atoms with Crippen molar-refractivity contribution in [3.63, 3.8) is 0 Å². The minimum atomic E-state index is -3.19. The molecule has 0 aliphatic rings. The Kier molecular flexibility index (Phi) is 8.38. The van der Waals surface area contributed by atoms with Gasteiger partial charge in [0.25, 0.3) is 5.78 Å². The maximum atomic E-state index is 13.2. The third-order valence-corrected chi connectivity index (χ3v) is 2.12. The van der Waals surface area contributed by atoms with Crippen LogP contribution >= 0.6 is 0 Å². The van der Waals surface area contributed by atoms with Crippen molar-refractivity contribution < 1.29 is 37.3 Å². The predicted molar refractivity (Wildman–Crippen MR) is 68.4 cm³/mol. The van der Waals surface area contributed by atoms with E-state index in [1.165, 1.54) is 6.92 Å². The molecule has 0 aliphatic carbocycles. The molecule has 0 amide bonds. The van der Waals surface area contributed by atoms with Gasteiger partial charge in [0, 0.05) is 24.9 Å². The first-order chi connectivity index (χ1) is 9.83. The average Bonchev–Trinajstić information content (AvgIpc) is 2.37. The molecule has 0 unspecified atom stereocenters. The second kappa shape index (κ2) is 9.18. The van der Waals surface area contributed by atoms with E-state index in [1.807, 2.05) is 0 Å². The zero-order valence-electron chi connectivity index (χ0n) is 11.8. The van der Waals surface area contributed by atoms with Crippen molar-refractivity contribution in [3.05, 3.63) is 35.7 Å². The number of halogens is 3. The molecule has 22 heavy (non-hydrogen) atoms. The van der Waals surface area contributed by atoms with E-state index in [1.54, 1.807) is 0 Å². The Hall–Kier alpha value is -1.91. The second-order valence-corrected chi connectivity index (χ2v) is 3.65.